The van der Waals surface area contributed by atoms with Gasteiger partial charge in [0.2, 0.25) is 5.56 Å². The molecule has 1 aromatic carbocycles. The summed E-state index contributed by atoms with van der Waals surface area (Å²) in [7, 11) is 0. The first kappa shape index (κ1) is 15.4. The monoisotopic (exact) mass is 289 g/mol. The number of pyridine rings is 1. The zero-order valence-corrected chi connectivity index (χ0v) is 12.6. The third-order valence-electron chi connectivity index (χ3n) is 3.68. The number of aromatic nitrogens is 1. The maximum atomic E-state index is 11.5. The van der Waals surface area contributed by atoms with E-state index in [4.69, 9.17) is 0 Å². The number of aromatic hydroxyl groups is 1. The number of fused-ring (bicyclic) bond motifs is 1. The first-order chi connectivity index (χ1) is 10.1. The van der Waals surface area contributed by atoms with Crippen LogP contribution in [0.3, 0.4) is 0 Å². The molecule has 3 N–H and O–H groups in total. The van der Waals surface area contributed by atoms with Crippen molar-refractivity contribution in [2.24, 2.45) is 0 Å². The summed E-state index contributed by atoms with van der Waals surface area (Å²) >= 11 is 0. The second-order valence-electron chi connectivity index (χ2n) is 5.09. The maximum absolute atomic E-state index is 11.5. The lowest BCUT2D eigenvalue weighted by atomic mass is 10.1. The number of phenols is 1. The van der Waals surface area contributed by atoms with Gasteiger partial charge >= 0.3 is 0 Å². The Kier molecular flexibility index (Phi) is 5.22. The maximum Gasteiger partial charge on any atom is 0.248 e. The Bertz CT molecular complexity index is 648. The van der Waals surface area contributed by atoms with E-state index in [0.29, 0.717) is 0 Å². The van der Waals surface area contributed by atoms with Gasteiger partial charge in [0.15, 0.2) is 0 Å². The molecule has 0 saturated heterocycles. The summed E-state index contributed by atoms with van der Waals surface area (Å²) in [6.45, 7) is 8.26. The van der Waals surface area contributed by atoms with Gasteiger partial charge in [-0.1, -0.05) is 13.8 Å². The molecule has 1 heterocycles. The van der Waals surface area contributed by atoms with Crippen molar-refractivity contribution < 1.29 is 5.11 Å². The van der Waals surface area contributed by atoms with Crippen LogP contribution >= 0.6 is 0 Å². The van der Waals surface area contributed by atoms with Crippen LogP contribution < -0.4 is 10.9 Å². The fourth-order valence-corrected chi connectivity index (χ4v) is 2.45. The van der Waals surface area contributed by atoms with Gasteiger partial charge in [-0.3, -0.25) is 4.79 Å². The second kappa shape index (κ2) is 7.13. The summed E-state index contributed by atoms with van der Waals surface area (Å²) in [4.78, 5) is 16.6. The molecule has 0 radical (unpaired) electrons. The van der Waals surface area contributed by atoms with Crippen LogP contribution in [-0.2, 0) is 0 Å². The van der Waals surface area contributed by atoms with Crippen molar-refractivity contribution in [2.45, 2.75) is 20.3 Å². The third-order valence-corrected chi connectivity index (χ3v) is 3.68. The van der Waals surface area contributed by atoms with Crippen molar-refractivity contribution in [1.29, 1.82) is 0 Å². The number of H-pyrrole nitrogens is 1. The number of anilines is 1. The van der Waals surface area contributed by atoms with Crippen LogP contribution in [0.2, 0.25) is 0 Å². The molecule has 5 heteroatoms. The normalized spacial score (nSPS) is 11.2. The van der Waals surface area contributed by atoms with Gasteiger partial charge in [-0.15, -0.1) is 0 Å². The number of hydrogen-bond acceptors (Lipinski definition) is 4. The molecule has 0 aliphatic carbocycles. The van der Waals surface area contributed by atoms with E-state index in [2.05, 4.69) is 29.0 Å². The lowest BCUT2D eigenvalue weighted by Crippen LogP contribution is -2.25. The van der Waals surface area contributed by atoms with E-state index in [1.54, 1.807) is 18.2 Å². The lowest BCUT2D eigenvalue weighted by molar-refractivity contribution is 0.303. The van der Waals surface area contributed by atoms with Crippen LogP contribution in [0.1, 0.15) is 20.3 Å². The quantitative estimate of drug-likeness (QED) is 0.685. The molecule has 1 aromatic heterocycles. The first-order valence-electron chi connectivity index (χ1n) is 7.46. The Balaban J connectivity index is 2.07. The summed E-state index contributed by atoms with van der Waals surface area (Å²) in [6.07, 6.45) is 1.01. The van der Waals surface area contributed by atoms with Gasteiger partial charge in [-0.2, -0.15) is 0 Å². The van der Waals surface area contributed by atoms with Gasteiger partial charge in [-0.25, -0.2) is 0 Å². The van der Waals surface area contributed by atoms with E-state index in [1.807, 2.05) is 0 Å². The number of rotatable bonds is 7. The molecule has 2 aromatic rings. The van der Waals surface area contributed by atoms with Crippen molar-refractivity contribution in [1.82, 2.24) is 9.88 Å². The Labute approximate surface area is 124 Å². The third kappa shape index (κ3) is 3.98. The predicted octanol–water partition coefficient (Wildman–Crippen LogP) is 2.38. The molecule has 0 aliphatic rings. The van der Waals surface area contributed by atoms with Gasteiger partial charge in [0, 0.05) is 24.1 Å². The van der Waals surface area contributed by atoms with Crippen LogP contribution in [0, 0.1) is 0 Å². The molecule has 0 bridgehead atoms. The Hall–Kier alpha value is -2.01. The Morgan fingerprint density at radius 2 is 2.00 bits per heavy atom. The van der Waals surface area contributed by atoms with Gasteiger partial charge in [0.05, 0.1) is 11.2 Å². The minimum Gasteiger partial charge on any atom is -0.508 e. The highest BCUT2D eigenvalue weighted by Crippen LogP contribution is 2.26. The van der Waals surface area contributed by atoms with Crippen molar-refractivity contribution in [2.75, 3.05) is 31.5 Å². The van der Waals surface area contributed by atoms with Crippen LogP contribution in [0.25, 0.3) is 10.9 Å². The number of benzene rings is 1. The average molecular weight is 289 g/mol. The van der Waals surface area contributed by atoms with Crippen molar-refractivity contribution in [3.63, 3.8) is 0 Å². The highest BCUT2D eigenvalue weighted by atomic mass is 16.3. The smallest absolute Gasteiger partial charge is 0.248 e. The van der Waals surface area contributed by atoms with Crippen LogP contribution in [-0.4, -0.2) is 41.2 Å². The zero-order valence-electron chi connectivity index (χ0n) is 12.6. The first-order valence-corrected chi connectivity index (χ1v) is 7.46. The van der Waals surface area contributed by atoms with Gasteiger partial charge < -0.3 is 20.3 Å². The van der Waals surface area contributed by atoms with Gasteiger partial charge in [0.25, 0.3) is 0 Å². The van der Waals surface area contributed by atoms with Crippen molar-refractivity contribution in [3.05, 3.63) is 34.6 Å². The highest BCUT2D eigenvalue weighted by molar-refractivity contribution is 5.91. The molecule has 0 unspecified atom stereocenters. The van der Waals surface area contributed by atoms with Gasteiger partial charge in [-0.05, 0) is 38.2 Å². The molecular formula is C16H23N3O2. The molecular weight excluding hydrogens is 266 g/mol. The lowest BCUT2D eigenvalue weighted by Gasteiger charge is -2.18. The standard InChI is InChI=1S/C16H23N3O2/c1-3-19(4-2)9-5-8-17-14-11-13(20)10-12-6-7-15(21)18-16(12)14/h6-7,10-11,17,20H,3-5,8-9H2,1-2H3,(H,18,21). The van der Waals surface area contributed by atoms with Crippen LogP contribution in [0.15, 0.2) is 29.1 Å². The Morgan fingerprint density at radius 3 is 2.71 bits per heavy atom. The molecule has 0 aliphatic heterocycles. The molecule has 114 valence electrons. The fourth-order valence-electron chi connectivity index (χ4n) is 2.45. The molecule has 5 nitrogen and oxygen atoms in total. The molecule has 21 heavy (non-hydrogen) atoms. The number of phenolic OH excluding ortho intramolecular Hbond substituents is 1. The molecule has 0 spiro atoms. The molecule has 0 amide bonds. The van der Waals surface area contributed by atoms with E-state index in [1.165, 1.54) is 6.07 Å². The van der Waals surface area contributed by atoms with E-state index in [0.717, 1.165) is 49.2 Å². The Morgan fingerprint density at radius 1 is 1.24 bits per heavy atom. The largest absolute Gasteiger partial charge is 0.508 e. The summed E-state index contributed by atoms with van der Waals surface area (Å²) in [5, 5.41) is 13.9. The van der Waals surface area contributed by atoms with E-state index in [9.17, 15) is 9.90 Å². The minimum atomic E-state index is -0.139. The zero-order chi connectivity index (χ0) is 15.2. The molecule has 2 rings (SSSR count). The van der Waals surface area contributed by atoms with Crippen LogP contribution in [0.4, 0.5) is 5.69 Å². The fraction of sp³-hybridized carbons (Fsp3) is 0.438. The number of nitrogens with zero attached hydrogens (tertiary/aromatic N) is 1. The molecule has 0 atom stereocenters. The van der Waals surface area contributed by atoms with E-state index < -0.39 is 0 Å². The summed E-state index contributed by atoms with van der Waals surface area (Å²) < 4.78 is 0. The number of nitrogens with one attached hydrogen (secondary N) is 2. The minimum absolute atomic E-state index is 0.139. The van der Waals surface area contributed by atoms with E-state index in [-0.39, 0.29) is 11.3 Å². The SMILES string of the molecule is CCN(CC)CCCNc1cc(O)cc2ccc(=O)[nH]c12. The summed E-state index contributed by atoms with van der Waals surface area (Å²) in [6, 6.07) is 6.48. The highest BCUT2D eigenvalue weighted by Gasteiger charge is 2.05. The number of aromatic amines is 1. The van der Waals surface area contributed by atoms with Crippen molar-refractivity contribution >= 4 is 16.6 Å². The number of hydrogen-bond donors (Lipinski definition) is 3. The predicted molar refractivity (Wildman–Crippen MR) is 87.1 cm³/mol. The second-order valence-corrected chi connectivity index (χ2v) is 5.09. The summed E-state index contributed by atoms with van der Waals surface area (Å²) in [5.41, 5.74) is 1.37. The van der Waals surface area contributed by atoms with Crippen LogP contribution in [0.5, 0.6) is 5.75 Å². The van der Waals surface area contributed by atoms with Gasteiger partial charge in [0.1, 0.15) is 5.75 Å². The summed E-state index contributed by atoms with van der Waals surface area (Å²) in [5.74, 6) is 0.195. The van der Waals surface area contributed by atoms with E-state index >= 15 is 0 Å². The van der Waals surface area contributed by atoms with Crippen molar-refractivity contribution in [3.8, 4) is 5.75 Å². The molecule has 0 fully saturated rings. The average Bonchev–Trinajstić information content (AvgIpc) is 2.48. The topological polar surface area (TPSA) is 68.4 Å². The molecule has 0 saturated carbocycles.